The van der Waals surface area contributed by atoms with Crippen molar-refractivity contribution in [2.75, 3.05) is 32.9 Å². The van der Waals surface area contributed by atoms with Crippen molar-refractivity contribution in [1.29, 1.82) is 10.8 Å². The molecule has 0 radical (unpaired) electrons. The number of carbonyl (C=O) groups excluding carboxylic acids is 3. The van der Waals surface area contributed by atoms with E-state index in [0.29, 0.717) is 41.0 Å². The van der Waals surface area contributed by atoms with Gasteiger partial charge in [-0.25, -0.2) is 4.79 Å². The monoisotopic (exact) mass is 646 g/mol. The number of amidine groups is 2. The SMILES string of the molecule is CC(C)COc1ccc(C(=N)N)cc1OCCOC(=O)c1ccc(C(=N)N2CCCC2)cc1.O=C(C(=O)C(F)(F)F)C(F)(F)F. The van der Waals surface area contributed by atoms with Gasteiger partial charge in [-0.3, -0.25) is 20.4 Å². The van der Waals surface area contributed by atoms with Crippen LogP contribution in [-0.4, -0.2) is 79.4 Å². The van der Waals surface area contributed by atoms with Crippen LogP contribution in [-0.2, 0) is 14.3 Å². The predicted molar refractivity (Wildman–Crippen MR) is 150 cm³/mol. The molecule has 0 saturated carbocycles. The summed E-state index contributed by atoms with van der Waals surface area (Å²) in [6, 6.07) is 12.0. The summed E-state index contributed by atoms with van der Waals surface area (Å²) < 4.78 is 83.8. The molecule has 0 unspecified atom stereocenters. The number of alkyl halides is 6. The molecule has 0 atom stereocenters. The van der Waals surface area contributed by atoms with Crippen LogP contribution in [0.5, 0.6) is 11.5 Å². The average Bonchev–Trinajstić information content (AvgIpc) is 3.52. The summed E-state index contributed by atoms with van der Waals surface area (Å²) >= 11 is 0. The molecular weight excluding hydrogens is 614 g/mol. The highest BCUT2D eigenvalue weighted by Gasteiger charge is 2.54. The van der Waals surface area contributed by atoms with Crippen molar-refractivity contribution in [3.8, 4) is 11.5 Å². The van der Waals surface area contributed by atoms with Crippen molar-refractivity contribution in [3.63, 3.8) is 0 Å². The second-order valence-electron chi connectivity index (χ2n) is 10.0. The second-order valence-corrected chi connectivity index (χ2v) is 10.0. The smallest absolute Gasteiger partial charge is 0.458 e. The third-order valence-corrected chi connectivity index (χ3v) is 5.94. The van der Waals surface area contributed by atoms with Gasteiger partial charge in [0, 0.05) is 24.2 Å². The van der Waals surface area contributed by atoms with Crippen LogP contribution in [0.15, 0.2) is 42.5 Å². The van der Waals surface area contributed by atoms with Gasteiger partial charge >= 0.3 is 29.9 Å². The number of nitrogens with zero attached hydrogens (tertiary/aromatic N) is 1. The Balaban J connectivity index is 0.000000498. The minimum atomic E-state index is -5.77. The van der Waals surface area contributed by atoms with Gasteiger partial charge in [0.05, 0.1) is 12.2 Å². The van der Waals surface area contributed by atoms with E-state index in [9.17, 15) is 40.7 Å². The van der Waals surface area contributed by atoms with Gasteiger partial charge in [0.1, 0.15) is 24.9 Å². The van der Waals surface area contributed by atoms with E-state index in [0.717, 1.165) is 31.5 Å². The van der Waals surface area contributed by atoms with Gasteiger partial charge < -0.3 is 24.8 Å². The molecule has 0 amide bonds. The Morgan fingerprint density at radius 1 is 0.800 bits per heavy atom. The number of benzene rings is 2. The van der Waals surface area contributed by atoms with E-state index in [-0.39, 0.29) is 19.0 Å². The molecule has 45 heavy (non-hydrogen) atoms. The number of hydrogen-bond donors (Lipinski definition) is 3. The van der Waals surface area contributed by atoms with E-state index < -0.39 is 29.9 Å². The fourth-order valence-electron chi connectivity index (χ4n) is 3.68. The minimum absolute atomic E-state index is 0.0537. The highest BCUT2D eigenvalue weighted by atomic mass is 19.4. The Morgan fingerprint density at radius 3 is 1.80 bits per heavy atom. The number of ether oxygens (including phenoxy) is 3. The van der Waals surface area contributed by atoms with Gasteiger partial charge in [0.2, 0.25) is 0 Å². The number of halogens is 6. The lowest BCUT2D eigenvalue weighted by atomic mass is 10.1. The summed E-state index contributed by atoms with van der Waals surface area (Å²) in [5.74, 6) is -5.50. The molecule has 10 nitrogen and oxygen atoms in total. The number of carbonyl (C=O) groups is 3. The van der Waals surface area contributed by atoms with Gasteiger partial charge in [-0.1, -0.05) is 26.0 Å². The molecule has 0 bridgehead atoms. The predicted octanol–water partition coefficient (Wildman–Crippen LogP) is 4.91. The molecule has 2 aromatic carbocycles. The molecule has 1 heterocycles. The maximum Gasteiger partial charge on any atom is 0.458 e. The fourth-order valence-corrected chi connectivity index (χ4v) is 3.68. The molecule has 0 aromatic heterocycles. The minimum Gasteiger partial charge on any atom is -0.489 e. The van der Waals surface area contributed by atoms with Crippen molar-refractivity contribution in [3.05, 3.63) is 59.2 Å². The highest BCUT2D eigenvalue weighted by molar-refractivity contribution is 6.41. The van der Waals surface area contributed by atoms with Crippen LogP contribution in [0.4, 0.5) is 26.3 Å². The van der Waals surface area contributed by atoms with Crippen molar-refractivity contribution < 1.29 is 54.9 Å². The molecule has 4 N–H and O–H groups in total. The summed E-state index contributed by atoms with van der Waals surface area (Å²) in [5.41, 5.74) is 7.32. The van der Waals surface area contributed by atoms with Crippen LogP contribution in [0.3, 0.4) is 0 Å². The van der Waals surface area contributed by atoms with Crippen molar-refractivity contribution in [2.24, 2.45) is 11.7 Å². The number of nitrogen functional groups attached to an aromatic ring is 1. The molecule has 16 heteroatoms. The lowest BCUT2D eigenvalue weighted by molar-refractivity contribution is -0.193. The maximum absolute atomic E-state index is 12.4. The zero-order chi connectivity index (χ0) is 33.9. The Labute approximate surface area is 254 Å². The fraction of sp³-hybridized carbons (Fsp3) is 0.414. The van der Waals surface area contributed by atoms with Crippen molar-refractivity contribution in [1.82, 2.24) is 4.90 Å². The maximum atomic E-state index is 12.4. The number of nitrogens with two attached hydrogens (primary N) is 1. The van der Waals surface area contributed by atoms with Crippen LogP contribution in [0.1, 0.15) is 48.2 Å². The van der Waals surface area contributed by atoms with Crippen LogP contribution in [0.25, 0.3) is 0 Å². The van der Waals surface area contributed by atoms with Gasteiger partial charge in [0.15, 0.2) is 11.5 Å². The zero-order valence-electron chi connectivity index (χ0n) is 24.3. The molecule has 246 valence electrons. The van der Waals surface area contributed by atoms with E-state index in [4.69, 9.17) is 30.8 Å². The summed E-state index contributed by atoms with van der Waals surface area (Å²) in [5, 5.41) is 15.9. The molecule has 0 spiro atoms. The molecule has 0 aliphatic carbocycles. The normalized spacial score (nSPS) is 13.0. The standard InChI is InChI=1S/C25H32N4O4.C4F6O2/c1-17(2)16-33-21-10-9-20(23(26)27)15-22(21)31-13-14-32-25(30)19-7-5-18(6-8-19)24(28)29-11-3-4-12-29;5-3(6,7)1(11)2(12)4(8,9)10/h5-10,15,17,28H,3-4,11-14,16H2,1-2H3,(H3,26,27);. The first-order valence-electron chi connectivity index (χ1n) is 13.5. The van der Waals surface area contributed by atoms with Gasteiger partial charge in [-0.05, 0) is 49.1 Å². The van der Waals surface area contributed by atoms with Gasteiger partial charge in [-0.2, -0.15) is 26.3 Å². The zero-order valence-corrected chi connectivity index (χ0v) is 24.3. The molecule has 1 fully saturated rings. The number of Topliss-reactive ketones (excluding diaryl/α,β-unsaturated/α-hetero) is 2. The van der Waals surface area contributed by atoms with Crippen LogP contribution < -0.4 is 15.2 Å². The molecule has 1 aliphatic rings. The van der Waals surface area contributed by atoms with Gasteiger partial charge in [0.25, 0.3) is 0 Å². The topological polar surface area (TPSA) is 156 Å². The van der Waals surface area contributed by atoms with Crippen molar-refractivity contribution in [2.45, 2.75) is 39.0 Å². The number of ketones is 2. The van der Waals surface area contributed by atoms with E-state index in [1.807, 2.05) is 18.7 Å². The number of likely N-dealkylation sites (tertiary alicyclic amines) is 1. The van der Waals surface area contributed by atoms with E-state index >= 15 is 0 Å². The number of nitrogens with one attached hydrogen (secondary N) is 2. The van der Waals surface area contributed by atoms with E-state index in [2.05, 4.69) is 0 Å². The summed E-state index contributed by atoms with van der Waals surface area (Å²) in [6.45, 7) is 6.61. The lowest BCUT2D eigenvalue weighted by Crippen LogP contribution is -2.39. The molecule has 2 aromatic rings. The summed E-state index contributed by atoms with van der Waals surface area (Å²) in [7, 11) is 0. The lowest BCUT2D eigenvalue weighted by Gasteiger charge is -2.18. The molecule has 1 aliphatic heterocycles. The summed E-state index contributed by atoms with van der Waals surface area (Å²) in [6.07, 6.45) is -9.32. The van der Waals surface area contributed by atoms with E-state index in [1.54, 1.807) is 42.5 Å². The Hall–Kier alpha value is -4.63. The summed E-state index contributed by atoms with van der Waals surface area (Å²) in [4.78, 5) is 33.6. The van der Waals surface area contributed by atoms with Gasteiger partial charge in [-0.15, -0.1) is 0 Å². The van der Waals surface area contributed by atoms with Crippen LogP contribution in [0, 0.1) is 16.7 Å². The second kappa shape index (κ2) is 15.9. The van der Waals surface area contributed by atoms with E-state index in [1.165, 1.54) is 0 Å². The van der Waals surface area contributed by atoms with Crippen molar-refractivity contribution >= 4 is 29.2 Å². The van der Waals surface area contributed by atoms with Crippen LogP contribution in [0.2, 0.25) is 0 Å². The Morgan fingerprint density at radius 2 is 1.31 bits per heavy atom. The third-order valence-electron chi connectivity index (χ3n) is 5.94. The molecule has 3 rings (SSSR count). The van der Waals surface area contributed by atoms with Crippen LogP contribution >= 0.6 is 0 Å². The molecule has 1 saturated heterocycles. The number of esters is 1. The third kappa shape index (κ3) is 11.4. The largest absolute Gasteiger partial charge is 0.489 e. The Kier molecular flexibility index (Phi) is 12.9. The Bertz CT molecular complexity index is 1350. The average molecular weight is 647 g/mol. The highest BCUT2D eigenvalue weighted by Crippen LogP contribution is 2.29. The molecular formula is C29H32F6N4O6. The first-order valence-corrected chi connectivity index (χ1v) is 13.5. The quantitative estimate of drug-likeness (QED) is 0.0777. The first-order chi connectivity index (χ1) is 20.9. The number of rotatable bonds is 11. The number of hydrogen-bond acceptors (Lipinski definition) is 8. The first kappa shape index (κ1) is 36.6.